The number of imidazole rings is 1. The zero-order valence-electron chi connectivity index (χ0n) is 25.0. The van der Waals surface area contributed by atoms with Crippen molar-refractivity contribution in [3.63, 3.8) is 0 Å². The Labute approximate surface area is 254 Å². The lowest BCUT2D eigenvalue weighted by Crippen LogP contribution is -2.26. The summed E-state index contributed by atoms with van der Waals surface area (Å²) in [5.41, 5.74) is 5.61. The number of carbonyl (C=O) groups is 1. The van der Waals surface area contributed by atoms with E-state index in [9.17, 15) is 4.79 Å². The Hall–Kier alpha value is -4.58. The molecule has 0 saturated heterocycles. The molecule has 4 aromatic carbocycles. The van der Waals surface area contributed by atoms with Crippen LogP contribution in [0.15, 0.2) is 103 Å². The maximum Gasteiger partial charge on any atom is 0.224 e. The normalized spacial score (nSPS) is 11.0. The van der Waals surface area contributed by atoms with Gasteiger partial charge in [-0.15, -0.1) is 0 Å². The minimum atomic E-state index is 0.0731. The van der Waals surface area contributed by atoms with Crippen molar-refractivity contribution in [2.45, 2.75) is 51.5 Å². The van der Waals surface area contributed by atoms with Gasteiger partial charge in [-0.2, -0.15) is 0 Å². The molecule has 1 amide bonds. The summed E-state index contributed by atoms with van der Waals surface area (Å²) >= 11 is 0. The van der Waals surface area contributed by atoms with Crippen LogP contribution in [0.2, 0.25) is 0 Å². The highest BCUT2D eigenvalue weighted by molar-refractivity contribution is 5.79. The molecule has 0 unspecified atom stereocenters. The van der Waals surface area contributed by atoms with E-state index in [0.29, 0.717) is 19.6 Å². The van der Waals surface area contributed by atoms with E-state index in [4.69, 9.17) is 14.5 Å². The first-order valence-electron chi connectivity index (χ1n) is 15.3. The van der Waals surface area contributed by atoms with Crippen LogP contribution in [0.5, 0.6) is 11.5 Å². The third-order valence-corrected chi connectivity index (χ3v) is 7.66. The van der Waals surface area contributed by atoms with Crippen LogP contribution < -0.4 is 14.8 Å². The SMILES string of the molecule is COc1ccccc1OCCCCn1c(CCCCCNC(=O)Cc2ccc(-c3ccccc3)cc2)nc2ccccc21. The highest BCUT2D eigenvalue weighted by Gasteiger charge is 2.11. The van der Waals surface area contributed by atoms with Crippen molar-refractivity contribution in [1.82, 2.24) is 14.9 Å². The number of aromatic nitrogens is 2. The van der Waals surface area contributed by atoms with E-state index in [1.807, 2.05) is 60.7 Å². The second-order valence-electron chi connectivity index (χ2n) is 10.8. The van der Waals surface area contributed by atoms with E-state index in [0.717, 1.165) is 79.0 Å². The van der Waals surface area contributed by atoms with E-state index < -0.39 is 0 Å². The molecule has 1 N–H and O–H groups in total. The Bertz CT molecular complexity index is 1580. The van der Waals surface area contributed by atoms with Gasteiger partial charge in [-0.1, -0.05) is 85.3 Å². The summed E-state index contributed by atoms with van der Waals surface area (Å²) in [6.07, 6.45) is 6.32. The summed E-state index contributed by atoms with van der Waals surface area (Å²) in [6, 6.07) is 34.7. The van der Waals surface area contributed by atoms with Crippen LogP contribution in [0, 0.1) is 0 Å². The number of ether oxygens (including phenoxy) is 2. The molecule has 1 aromatic heterocycles. The van der Waals surface area contributed by atoms with Crippen LogP contribution in [0.4, 0.5) is 0 Å². The molecule has 0 aliphatic carbocycles. The first kappa shape index (κ1) is 29.9. The molecule has 1 heterocycles. The number of carbonyl (C=O) groups excluding carboxylic acids is 1. The van der Waals surface area contributed by atoms with E-state index in [-0.39, 0.29) is 5.91 Å². The standard InChI is InChI=1S/C37H41N3O3/c1-42-34-18-9-10-19-35(34)43-27-13-12-26-40-33-17-8-7-16-32(33)39-36(40)20-6-3-11-25-38-37(41)28-29-21-23-31(24-22-29)30-14-4-2-5-15-30/h2,4-5,7-10,14-19,21-24H,3,6,11-13,20,25-28H2,1H3,(H,38,41). The van der Waals surface area contributed by atoms with Crippen LogP contribution in [-0.2, 0) is 24.2 Å². The molecule has 0 fully saturated rings. The number of fused-ring (bicyclic) bond motifs is 1. The number of benzene rings is 4. The molecule has 0 spiro atoms. The topological polar surface area (TPSA) is 65.4 Å². The fourth-order valence-electron chi connectivity index (χ4n) is 5.36. The maximum atomic E-state index is 12.5. The third-order valence-electron chi connectivity index (χ3n) is 7.66. The van der Waals surface area contributed by atoms with Crippen molar-refractivity contribution in [3.05, 3.63) is 115 Å². The van der Waals surface area contributed by atoms with Crippen molar-refractivity contribution in [3.8, 4) is 22.6 Å². The number of para-hydroxylation sites is 4. The predicted molar refractivity (Wildman–Crippen MR) is 174 cm³/mol. The molecule has 5 rings (SSSR count). The van der Waals surface area contributed by atoms with Crippen molar-refractivity contribution >= 4 is 16.9 Å². The number of rotatable bonds is 16. The molecule has 0 bridgehead atoms. The molecule has 0 saturated carbocycles. The van der Waals surface area contributed by atoms with Crippen molar-refractivity contribution in [2.24, 2.45) is 0 Å². The van der Waals surface area contributed by atoms with Crippen LogP contribution in [0.1, 0.15) is 43.5 Å². The van der Waals surface area contributed by atoms with Crippen molar-refractivity contribution < 1.29 is 14.3 Å². The Morgan fingerprint density at radius 1 is 0.744 bits per heavy atom. The lowest BCUT2D eigenvalue weighted by molar-refractivity contribution is -0.120. The number of amides is 1. The van der Waals surface area contributed by atoms with Gasteiger partial charge in [0, 0.05) is 19.5 Å². The minimum absolute atomic E-state index is 0.0731. The number of hydrogen-bond acceptors (Lipinski definition) is 4. The first-order chi connectivity index (χ1) is 21.2. The lowest BCUT2D eigenvalue weighted by atomic mass is 10.0. The van der Waals surface area contributed by atoms with Crippen LogP contribution in [0.3, 0.4) is 0 Å². The predicted octanol–water partition coefficient (Wildman–Crippen LogP) is 7.64. The van der Waals surface area contributed by atoms with Gasteiger partial charge in [-0.05, 0) is 66.6 Å². The maximum absolute atomic E-state index is 12.5. The quantitative estimate of drug-likeness (QED) is 0.123. The van der Waals surface area contributed by atoms with Crippen LogP contribution in [-0.4, -0.2) is 35.7 Å². The highest BCUT2D eigenvalue weighted by atomic mass is 16.5. The van der Waals surface area contributed by atoms with E-state index in [1.165, 1.54) is 11.1 Å². The molecule has 6 heteroatoms. The number of nitrogens with one attached hydrogen (secondary N) is 1. The Kier molecular flexibility index (Phi) is 10.8. The summed E-state index contributed by atoms with van der Waals surface area (Å²) in [4.78, 5) is 17.4. The van der Waals surface area contributed by atoms with Gasteiger partial charge in [0.25, 0.3) is 0 Å². The largest absolute Gasteiger partial charge is 0.493 e. The molecule has 0 aliphatic heterocycles. The van der Waals surface area contributed by atoms with Gasteiger partial charge in [0.2, 0.25) is 5.91 Å². The third kappa shape index (κ3) is 8.48. The molecular weight excluding hydrogens is 534 g/mol. The minimum Gasteiger partial charge on any atom is -0.493 e. The number of nitrogens with zero attached hydrogens (tertiary/aromatic N) is 2. The van der Waals surface area contributed by atoms with Gasteiger partial charge in [0.15, 0.2) is 11.5 Å². The zero-order valence-corrected chi connectivity index (χ0v) is 25.0. The summed E-state index contributed by atoms with van der Waals surface area (Å²) in [6.45, 7) is 2.25. The number of unbranched alkanes of at least 4 members (excludes halogenated alkanes) is 3. The number of hydrogen-bond donors (Lipinski definition) is 1. The molecule has 0 aliphatic rings. The van der Waals surface area contributed by atoms with E-state index >= 15 is 0 Å². The monoisotopic (exact) mass is 575 g/mol. The van der Waals surface area contributed by atoms with E-state index in [2.05, 4.69) is 52.3 Å². The average molecular weight is 576 g/mol. The zero-order chi connectivity index (χ0) is 29.7. The van der Waals surface area contributed by atoms with Crippen LogP contribution >= 0.6 is 0 Å². The Balaban J connectivity index is 1.02. The molecule has 0 atom stereocenters. The van der Waals surface area contributed by atoms with Gasteiger partial charge in [-0.3, -0.25) is 4.79 Å². The van der Waals surface area contributed by atoms with Gasteiger partial charge in [0.05, 0.1) is 31.2 Å². The van der Waals surface area contributed by atoms with E-state index in [1.54, 1.807) is 7.11 Å². The van der Waals surface area contributed by atoms with Gasteiger partial charge in [0.1, 0.15) is 5.82 Å². The lowest BCUT2D eigenvalue weighted by Gasteiger charge is -2.12. The summed E-state index contributed by atoms with van der Waals surface area (Å²) in [7, 11) is 1.66. The first-order valence-corrected chi connectivity index (χ1v) is 15.3. The number of aryl methyl sites for hydroxylation is 2. The molecule has 6 nitrogen and oxygen atoms in total. The molecule has 43 heavy (non-hydrogen) atoms. The second-order valence-corrected chi connectivity index (χ2v) is 10.8. The summed E-state index contributed by atoms with van der Waals surface area (Å²) in [5, 5.41) is 3.09. The fourth-order valence-corrected chi connectivity index (χ4v) is 5.36. The molecule has 0 radical (unpaired) electrons. The molecule has 222 valence electrons. The summed E-state index contributed by atoms with van der Waals surface area (Å²) in [5.74, 6) is 2.75. The number of methoxy groups -OCH3 is 1. The average Bonchev–Trinajstić information content (AvgIpc) is 3.40. The second kappa shape index (κ2) is 15.6. The fraction of sp³-hybridized carbons (Fsp3) is 0.297. The highest BCUT2D eigenvalue weighted by Crippen LogP contribution is 2.26. The molecular formula is C37H41N3O3. The van der Waals surface area contributed by atoms with Crippen molar-refractivity contribution in [1.29, 1.82) is 0 Å². The van der Waals surface area contributed by atoms with Gasteiger partial charge in [-0.25, -0.2) is 4.98 Å². The van der Waals surface area contributed by atoms with Gasteiger partial charge < -0.3 is 19.4 Å². The summed E-state index contributed by atoms with van der Waals surface area (Å²) < 4.78 is 13.7. The smallest absolute Gasteiger partial charge is 0.224 e. The van der Waals surface area contributed by atoms with Crippen molar-refractivity contribution in [2.75, 3.05) is 20.3 Å². The van der Waals surface area contributed by atoms with Gasteiger partial charge >= 0.3 is 0 Å². The Morgan fingerprint density at radius 2 is 1.47 bits per heavy atom. The Morgan fingerprint density at radius 3 is 2.28 bits per heavy atom. The molecule has 5 aromatic rings. The van der Waals surface area contributed by atoms with Crippen LogP contribution in [0.25, 0.3) is 22.2 Å².